The Bertz CT molecular complexity index is 1440. The molecular weight excluding hydrogens is 541 g/mol. The number of aryl methyl sites for hydroxylation is 1. The molecule has 1 amide bonds. The summed E-state index contributed by atoms with van der Waals surface area (Å²) in [5.41, 5.74) is 0.776. The van der Waals surface area contributed by atoms with Crippen molar-refractivity contribution < 1.29 is 23.8 Å². The lowest BCUT2D eigenvalue weighted by Gasteiger charge is -2.53. The van der Waals surface area contributed by atoms with Gasteiger partial charge in [0.25, 0.3) is 5.91 Å². The molecule has 8 nitrogen and oxygen atoms in total. The summed E-state index contributed by atoms with van der Waals surface area (Å²) in [5, 5.41) is 19.1. The second-order valence-corrected chi connectivity index (χ2v) is 10.9. The van der Waals surface area contributed by atoms with Crippen molar-refractivity contribution in [1.29, 1.82) is 0 Å². The maximum atomic E-state index is 14.3. The average Bonchev–Trinajstić information content (AvgIpc) is 3.34. The summed E-state index contributed by atoms with van der Waals surface area (Å²) < 4.78 is 12.3. The van der Waals surface area contributed by atoms with Crippen molar-refractivity contribution in [3.05, 3.63) is 106 Å². The van der Waals surface area contributed by atoms with E-state index in [4.69, 9.17) is 32.4 Å². The van der Waals surface area contributed by atoms with Crippen molar-refractivity contribution in [2.45, 2.75) is 51.0 Å². The summed E-state index contributed by atoms with van der Waals surface area (Å²) in [6.07, 6.45) is 3.68. The molecule has 5 rings (SSSR count). The van der Waals surface area contributed by atoms with Crippen molar-refractivity contribution in [3.8, 4) is 0 Å². The predicted molar refractivity (Wildman–Crippen MR) is 145 cm³/mol. The van der Waals surface area contributed by atoms with E-state index in [1.165, 1.54) is 0 Å². The van der Waals surface area contributed by atoms with Crippen LogP contribution in [0.4, 0.5) is 0 Å². The number of ether oxygens (including phenoxy) is 1. The van der Waals surface area contributed by atoms with Gasteiger partial charge in [-0.15, -0.1) is 10.2 Å². The summed E-state index contributed by atoms with van der Waals surface area (Å²) in [5.74, 6) is -1.08. The van der Waals surface area contributed by atoms with Gasteiger partial charge in [0.05, 0.1) is 12.5 Å². The Morgan fingerprint density at radius 1 is 1.18 bits per heavy atom. The number of aromatic nitrogens is 2. The van der Waals surface area contributed by atoms with E-state index in [1.54, 1.807) is 36.1 Å². The van der Waals surface area contributed by atoms with Crippen LogP contribution in [-0.4, -0.2) is 44.2 Å². The Morgan fingerprint density at radius 3 is 2.56 bits per heavy atom. The number of benzene rings is 2. The third-order valence-electron chi connectivity index (χ3n) is 7.17. The number of hydrogen-bond acceptors (Lipinski definition) is 6. The first kappa shape index (κ1) is 27.1. The van der Waals surface area contributed by atoms with Gasteiger partial charge in [0.1, 0.15) is 18.2 Å². The van der Waals surface area contributed by atoms with E-state index >= 15 is 0 Å². The van der Waals surface area contributed by atoms with Gasteiger partial charge in [-0.2, -0.15) is 0 Å². The molecule has 1 saturated heterocycles. The number of nitrogens with zero attached hydrogens (tertiary/aromatic N) is 3. The monoisotopic (exact) mass is 567 g/mol. The third-order valence-corrected chi connectivity index (χ3v) is 7.68. The molecule has 0 spiro atoms. The molecule has 0 bridgehead atoms. The normalized spacial score (nSPS) is 25.8. The van der Waals surface area contributed by atoms with Gasteiger partial charge < -0.3 is 19.2 Å². The SMILES string of the molecule is Cc1nnc([C@H](c2ccccc2)N2C(=O)[C@H](CC(=O)O)O[C@@H](c3cccc(Cl)c3)[C@H]2C2(C)C=CC(Cl)=CC2)o1. The van der Waals surface area contributed by atoms with Gasteiger partial charge in [0, 0.05) is 22.4 Å². The summed E-state index contributed by atoms with van der Waals surface area (Å²) in [7, 11) is 0. The Hall–Kier alpha value is -3.46. The summed E-state index contributed by atoms with van der Waals surface area (Å²) >= 11 is 12.7. The van der Waals surface area contributed by atoms with Gasteiger partial charge in [-0.05, 0) is 35.8 Å². The van der Waals surface area contributed by atoms with Crippen LogP contribution in [0.2, 0.25) is 5.02 Å². The summed E-state index contributed by atoms with van der Waals surface area (Å²) in [6, 6.07) is 15.1. The number of morpholine rings is 1. The fraction of sp³-hybridized carbons (Fsp3) is 0.310. The second-order valence-electron chi connectivity index (χ2n) is 9.99. The minimum atomic E-state index is -1.26. The van der Waals surface area contributed by atoms with Crippen LogP contribution in [-0.2, 0) is 14.3 Å². The quantitative estimate of drug-likeness (QED) is 0.372. The number of carbonyl (C=O) groups excluding carboxylic acids is 1. The smallest absolute Gasteiger partial charge is 0.306 e. The number of hydrogen-bond donors (Lipinski definition) is 1. The van der Waals surface area contributed by atoms with Crippen LogP contribution in [0.1, 0.15) is 54.8 Å². The van der Waals surface area contributed by atoms with E-state index in [0.717, 1.165) is 5.56 Å². The zero-order valence-electron chi connectivity index (χ0n) is 21.3. The number of amides is 1. The maximum absolute atomic E-state index is 14.3. The van der Waals surface area contributed by atoms with Gasteiger partial charge in [-0.3, -0.25) is 9.59 Å². The summed E-state index contributed by atoms with van der Waals surface area (Å²) in [4.78, 5) is 27.9. The predicted octanol–water partition coefficient (Wildman–Crippen LogP) is 6.02. The average molecular weight is 568 g/mol. The number of carboxylic acids is 1. The van der Waals surface area contributed by atoms with E-state index < -0.39 is 48.0 Å². The number of halogens is 2. The molecule has 2 heterocycles. The minimum absolute atomic E-state index is 0.217. The lowest BCUT2D eigenvalue weighted by Crippen LogP contribution is -2.61. The van der Waals surface area contributed by atoms with Crippen LogP contribution in [0.15, 0.2) is 82.3 Å². The van der Waals surface area contributed by atoms with Crippen LogP contribution < -0.4 is 0 Å². The fourth-order valence-corrected chi connectivity index (χ4v) is 5.71. The molecule has 202 valence electrons. The van der Waals surface area contributed by atoms with Crippen molar-refractivity contribution in [1.82, 2.24) is 15.1 Å². The number of aliphatic carboxylic acids is 1. The highest BCUT2D eigenvalue weighted by molar-refractivity contribution is 6.31. The van der Waals surface area contributed by atoms with E-state index in [1.807, 2.05) is 55.5 Å². The van der Waals surface area contributed by atoms with Crippen molar-refractivity contribution in [2.24, 2.45) is 5.41 Å². The third kappa shape index (κ3) is 5.50. The van der Waals surface area contributed by atoms with Gasteiger partial charge in [0.15, 0.2) is 0 Å². The molecule has 1 aliphatic heterocycles. The zero-order chi connectivity index (χ0) is 27.7. The van der Waals surface area contributed by atoms with Crippen molar-refractivity contribution in [2.75, 3.05) is 0 Å². The molecule has 1 fully saturated rings. The van der Waals surface area contributed by atoms with E-state index in [2.05, 4.69) is 10.2 Å². The van der Waals surface area contributed by atoms with Crippen molar-refractivity contribution >= 4 is 35.1 Å². The number of allylic oxidation sites excluding steroid dienone is 3. The molecule has 2 aromatic carbocycles. The van der Waals surface area contributed by atoms with E-state index in [9.17, 15) is 14.7 Å². The van der Waals surface area contributed by atoms with E-state index in [0.29, 0.717) is 27.9 Å². The molecule has 3 aromatic rings. The highest BCUT2D eigenvalue weighted by Crippen LogP contribution is 2.50. The van der Waals surface area contributed by atoms with Crippen molar-refractivity contribution in [3.63, 3.8) is 0 Å². The van der Waals surface area contributed by atoms with Crippen LogP contribution >= 0.6 is 23.2 Å². The first-order valence-electron chi connectivity index (χ1n) is 12.5. The number of rotatable bonds is 7. The molecule has 0 saturated carbocycles. The molecule has 2 aliphatic rings. The molecule has 1 aromatic heterocycles. The zero-order valence-corrected chi connectivity index (χ0v) is 22.8. The Balaban J connectivity index is 1.76. The molecular formula is C29H27Cl2N3O5. The van der Waals surface area contributed by atoms with Crippen LogP contribution in [0.25, 0.3) is 0 Å². The fourth-order valence-electron chi connectivity index (χ4n) is 5.37. The molecule has 1 aliphatic carbocycles. The minimum Gasteiger partial charge on any atom is -0.481 e. The van der Waals surface area contributed by atoms with Gasteiger partial charge in [-0.1, -0.05) is 84.7 Å². The number of carbonyl (C=O) groups is 2. The topological polar surface area (TPSA) is 106 Å². The van der Waals surface area contributed by atoms with Crippen LogP contribution in [0.5, 0.6) is 0 Å². The largest absolute Gasteiger partial charge is 0.481 e. The second kappa shape index (κ2) is 11.0. The van der Waals surface area contributed by atoms with Gasteiger partial charge in [0.2, 0.25) is 11.8 Å². The summed E-state index contributed by atoms with van der Waals surface area (Å²) in [6.45, 7) is 3.70. The highest BCUT2D eigenvalue weighted by Gasteiger charge is 2.54. The molecule has 1 N–H and O–H groups in total. The Labute approximate surface area is 235 Å². The van der Waals surface area contributed by atoms with Gasteiger partial charge in [-0.25, -0.2) is 0 Å². The maximum Gasteiger partial charge on any atom is 0.306 e. The van der Waals surface area contributed by atoms with Gasteiger partial charge >= 0.3 is 5.97 Å². The molecule has 5 atom stereocenters. The van der Waals surface area contributed by atoms with Crippen LogP contribution in [0, 0.1) is 12.3 Å². The molecule has 0 radical (unpaired) electrons. The Morgan fingerprint density at radius 2 is 1.95 bits per heavy atom. The molecule has 1 unspecified atom stereocenters. The lowest BCUT2D eigenvalue weighted by atomic mass is 9.71. The molecule has 39 heavy (non-hydrogen) atoms. The molecule has 10 heteroatoms. The van der Waals surface area contributed by atoms with Crippen LogP contribution in [0.3, 0.4) is 0 Å². The first-order valence-corrected chi connectivity index (χ1v) is 13.3. The lowest BCUT2D eigenvalue weighted by molar-refractivity contribution is -0.190. The van der Waals surface area contributed by atoms with E-state index in [-0.39, 0.29) is 5.89 Å². The highest BCUT2D eigenvalue weighted by atomic mass is 35.5. The first-order chi connectivity index (χ1) is 18.7. The number of carboxylic acid groups (broad SMARTS) is 1. The standard InChI is InChI=1S/C29H27Cl2N3O5/c1-17-32-33-27(38-17)24(18-7-4-3-5-8-18)34-26(29(2)13-11-20(30)12-14-29)25(19-9-6-10-21(31)15-19)39-22(28(34)37)16-23(35)36/h3-13,15,22,24-26H,14,16H2,1-2H3,(H,35,36)/t22-,24-,25-,26-,29?/m0/s1. The Kier molecular flexibility index (Phi) is 7.62.